The van der Waals surface area contributed by atoms with Crippen LogP contribution >= 0.6 is 0 Å². The Kier molecular flexibility index (Phi) is 4.88. The molecule has 2 amide bonds. The molecule has 0 bridgehead atoms. The van der Waals surface area contributed by atoms with E-state index in [0.717, 1.165) is 38.9 Å². The van der Waals surface area contributed by atoms with Crippen LogP contribution in [-0.4, -0.2) is 55.6 Å². The van der Waals surface area contributed by atoms with Gasteiger partial charge in [-0.1, -0.05) is 0 Å². The zero-order valence-electron chi connectivity index (χ0n) is 10.1. The zero-order chi connectivity index (χ0) is 11.3. The van der Waals surface area contributed by atoms with Gasteiger partial charge in [-0.15, -0.1) is 0 Å². The lowest BCUT2D eigenvalue weighted by atomic mass is 10.2. The van der Waals surface area contributed by atoms with Crippen LogP contribution < -0.4 is 5.32 Å². The summed E-state index contributed by atoms with van der Waals surface area (Å²) in [6.07, 6.45) is 3.31. The van der Waals surface area contributed by atoms with Crippen molar-refractivity contribution in [2.75, 3.05) is 33.7 Å². The summed E-state index contributed by atoms with van der Waals surface area (Å²) in [6, 6.07) is 0.374. The van der Waals surface area contributed by atoms with Gasteiger partial charge in [0.1, 0.15) is 0 Å². The maximum absolute atomic E-state index is 11.7. The molecule has 0 aromatic rings. The van der Waals surface area contributed by atoms with E-state index in [9.17, 15) is 4.79 Å². The number of rotatable bonds is 4. The summed E-state index contributed by atoms with van der Waals surface area (Å²) < 4.78 is 0. The summed E-state index contributed by atoms with van der Waals surface area (Å²) in [5.74, 6) is 0. The van der Waals surface area contributed by atoms with E-state index in [1.54, 1.807) is 0 Å². The highest BCUT2D eigenvalue weighted by Gasteiger charge is 2.18. The van der Waals surface area contributed by atoms with Gasteiger partial charge < -0.3 is 15.1 Å². The minimum atomic E-state index is 0.110. The Morgan fingerprint density at radius 1 is 1.40 bits per heavy atom. The first-order valence-electron chi connectivity index (χ1n) is 5.80. The number of carbonyl (C=O) groups is 1. The van der Waals surface area contributed by atoms with E-state index in [-0.39, 0.29) is 12.1 Å². The molecule has 0 saturated carbocycles. The van der Waals surface area contributed by atoms with Crippen molar-refractivity contribution in [3.8, 4) is 0 Å². The van der Waals surface area contributed by atoms with Crippen LogP contribution in [0.2, 0.25) is 0 Å². The topological polar surface area (TPSA) is 35.6 Å². The van der Waals surface area contributed by atoms with Crippen molar-refractivity contribution in [3.05, 3.63) is 0 Å². The molecule has 0 spiro atoms. The average molecular weight is 213 g/mol. The lowest BCUT2D eigenvalue weighted by molar-refractivity contribution is 0.204. The summed E-state index contributed by atoms with van der Waals surface area (Å²) in [5, 5.41) is 3.04. The third-order valence-corrected chi connectivity index (χ3v) is 2.77. The van der Waals surface area contributed by atoms with Gasteiger partial charge in [0, 0.05) is 19.1 Å². The quantitative estimate of drug-likeness (QED) is 0.760. The van der Waals surface area contributed by atoms with Crippen LogP contribution in [0.4, 0.5) is 4.79 Å². The van der Waals surface area contributed by atoms with Crippen LogP contribution in [0.1, 0.15) is 26.2 Å². The first-order valence-corrected chi connectivity index (χ1v) is 5.80. The van der Waals surface area contributed by atoms with Crippen LogP contribution in [0, 0.1) is 0 Å². The average Bonchev–Trinajstić information content (AvgIpc) is 2.67. The molecule has 0 radical (unpaired) electrons. The molecule has 1 N–H and O–H groups in total. The molecule has 1 saturated heterocycles. The van der Waals surface area contributed by atoms with E-state index in [2.05, 4.69) is 31.2 Å². The summed E-state index contributed by atoms with van der Waals surface area (Å²) in [7, 11) is 4.10. The van der Waals surface area contributed by atoms with E-state index < -0.39 is 0 Å². The Hall–Kier alpha value is -0.770. The third-order valence-electron chi connectivity index (χ3n) is 2.77. The Balaban J connectivity index is 2.18. The second kappa shape index (κ2) is 5.95. The molecule has 1 heterocycles. The molecule has 1 unspecified atom stereocenters. The third kappa shape index (κ3) is 4.51. The van der Waals surface area contributed by atoms with Crippen molar-refractivity contribution >= 4 is 6.03 Å². The fourth-order valence-corrected chi connectivity index (χ4v) is 1.75. The Labute approximate surface area is 92.6 Å². The Morgan fingerprint density at radius 2 is 2.00 bits per heavy atom. The van der Waals surface area contributed by atoms with Crippen molar-refractivity contribution in [1.29, 1.82) is 0 Å². The molecular formula is C11H23N3O. The van der Waals surface area contributed by atoms with Gasteiger partial charge >= 0.3 is 6.03 Å². The van der Waals surface area contributed by atoms with Gasteiger partial charge in [-0.05, 0) is 46.8 Å². The smallest absolute Gasteiger partial charge is 0.317 e. The minimum absolute atomic E-state index is 0.110. The maximum atomic E-state index is 11.7. The zero-order valence-corrected chi connectivity index (χ0v) is 10.1. The first kappa shape index (κ1) is 12.3. The number of nitrogens with zero attached hydrogens (tertiary/aromatic N) is 2. The second-order valence-electron chi connectivity index (χ2n) is 4.64. The van der Waals surface area contributed by atoms with Crippen LogP contribution in [0.15, 0.2) is 0 Å². The van der Waals surface area contributed by atoms with Gasteiger partial charge in [-0.2, -0.15) is 0 Å². The van der Waals surface area contributed by atoms with Crippen molar-refractivity contribution in [2.45, 2.75) is 32.2 Å². The SMILES string of the molecule is CC(CCN(C)C)NC(=O)N1CCCC1. The largest absolute Gasteiger partial charge is 0.335 e. The highest BCUT2D eigenvalue weighted by molar-refractivity contribution is 5.74. The van der Waals surface area contributed by atoms with Crippen molar-refractivity contribution in [3.63, 3.8) is 0 Å². The molecule has 1 aliphatic heterocycles. The molecule has 1 aliphatic rings. The number of amides is 2. The predicted octanol–water partition coefficient (Wildman–Crippen LogP) is 1.13. The van der Waals surface area contributed by atoms with Crippen molar-refractivity contribution in [1.82, 2.24) is 15.1 Å². The summed E-state index contributed by atoms with van der Waals surface area (Å²) in [5.41, 5.74) is 0. The molecule has 4 nitrogen and oxygen atoms in total. The number of hydrogen-bond acceptors (Lipinski definition) is 2. The van der Waals surface area contributed by atoms with Gasteiger partial charge in [-0.25, -0.2) is 4.79 Å². The number of urea groups is 1. The van der Waals surface area contributed by atoms with E-state index in [1.807, 2.05) is 4.90 Å². The predicted molar refractivity (Wildman–Crippen MR) is 62.0 cm³/mol. The molecule has 15 heavy (non-hydrogen) atoms. The molecule has 0 aliphatic carbocycles. The van der Waals surface area contributed by atoms with E-state index >= 15 is 0 Å². The minimum Gasteiger partial charge on any atom is -0.335 e. The van der Waals surface area contributed by atoms with E-state index in [1.165, 1.54) is 0 Å². The van der Waals surface area contributed by atoms with Gasteiger partial charge in [0.05, 0.1) is 0 Å². The number of carbonyl (C=O) groups excluding carboxylic acids is 1. The van der Waals surface area contributed by atoms with E-state index in [0.29, 0.717) is 0 Å². The Morgan fingerprint density at radius 3 is 2.53 bits per heavy atom. The molecule has 88 valence electrons. The first-order chi connectivity index (χ1) is 7.09. The normalized spacial score (nSPS) is 18.3. The lowest BCUT2D eigenvalue weighted by Crippen LogP contribution is -2.43. The molecular weight excluding hydrogens is 190 g/mol. The van der Waals surface area contributed by atoms with Crippen molar-refractivity contribution < 1.29 is 4.79 Å². The molecule has 1 rings (SSSR count). The van der Waals surface area contributed by atoms with Crippen molar-refractivity contribution in [2.24, 2.45) is 0 Å². The molecule has 1 atom stereocenters. The highest BCUT2D eigenvalue weighted by atomic mass is 16.2. The fraction of sp³-hybridized carbons (Fsp3) is 0.909. The number of nitrogens with one attached hydrogen (secondary N) is 1. The summed E-state index contributed by atoms with van der Waals surface area (Å²) >= 11 is 0. The number of hydrogen-bond donors (Lipinski definition) is 1. The fourth-order valence-electron chi connectivity index (χ4n) is 1.75. The van der Waals surface area contributed by atoms with E-state index in [4.69, 9.17) is 0 Å². The van der Waals surface area contributed by atoms with Crippen LogP contribution in [0.5, 0.6) is 0 Å². The maximum Gasteiger partial charge on any atom is 0.317 e. The van der Waals surface area contributed by atoms with Gasteiger partial charge in [0.25, 0.3) is 0 Å². The van der Waals surface area contributed by atoms with Crippen LogP contribution in [-0.2, 0) is 0 Å². The monoisotopic (exact) mass is 213 g/mol. The molecule has 1 fully saturated rings. The second-order valence-corrected chi connectivity index (χ2v) is 4.64. The van der Waals surface area contributed by atoms with Crippen LogP contribution in [0.3, 0.4) is 0 Å². The van der Waals surface area contributed by atoms with Gasteiger partial charge in [0.2, 0.25) is 0 Å². The number of likely N-dealkylation sites (tertiary alicyclic amines) is 1. The summed E-state index contributed by atoms with van der Waals surface area (Å²) in [6.45, 7) is 4.93. The molecule has 0 aromatic heterocycles. The van der Waals surface area contributed by atoms with Gasteiger partial charge in [-0.3, -0.25) is 0 Å². The standard InChI is InChI=1S/C11H23N3O/c1-10(6-9-13(2)3)12-11(15)14-7-4-5-8-14/h10H,4-9H2,1-3H3,(H,12,15). The van der Waals surface area contributed by atoms with Crippen LogP contribution in [0.25, 0.3) is 0 Å². The summed E-state index contributed by atoms with van der Waals surface area (Å²) in [4.78, 5) is 15.7. The molecule has 4 heteroatoms. The lowest BCUT2D eigenvalue weighted by Gasteiger charge is -2.21. The Bertz CT molecular complexity index is 200. The highest BCUT2D eigenvalue weighted by Crippen LogP contribution is 2.07. The van der Waals surface area contributed by atoms with Gasteiger partial charge in [0.15, 0.2) is 0 Å². The molecule has 0 aromatic carbocycles.